The molecule has 0 amide bonds. The van der Waals surface area contributed by atoms with Crippen LogP contribution in [0.3, 0.4) is 0 Å². The summed E-state index contributed by atoms with van der Waals surface area (Å²) in [7, 11) is 1.64. The number of ether oxygens (including phenoxy) is 2. The predicted octanol–water partition coefficient (Wildman–Crippen LogP) is 4.10. The minimum atomic E-state index is -0.982. The maximum Gasteiger partial charge on any atom is 0.218 e. The molecular formula is C20H16O4. The minimum absolute atomic E-state index is 0.643. The molecule has 1 aromatic heterocycles. The highest BCUT2D eigenvalue weighted by Crippen LogP contribution is 2.37. The second-order valence-corrected chi connectivity index (χ2v) is 5.48. The van der Waals surface area contributed by atoms with E-state index in [1.807, 2.05) is 60.7 Å². The molecule has 0 radical (unpaired) electrons. The topological polar surface area (TPSA) is 51.8 Å². The van der Waals surface area contributed by atoms with Crippen LogP contribution in [0.2, 0.25) is 0 Å². The highest BCUT2D eigenvalue weighted by molar-refractivity contribution is 5.82. The summed E-state index contributed by atoms with van der Waals surface area (Å²) >= 11 is 0. The van der Waals surface area contributed by atoms with Crippen LogP contribution in [0.4, 0.5) is 0 Å². The van der Waals surface area contributed by atoms with Crippen LogP contribution in [-0.2, 0) is 0 Å². The maximum atomic E-state index is 9.92. The van der Waals surface area contributed by atoms with E-state index in [0.29, 0.717) is 11.5 Å². The fourth-order valence-corrected chi connectivity index (χ4v) is 2.80. The molecule has 1 aliphatic heterocycles. The molecule has 3 aromatic rings. The first-order valence-corrected chi connectivity index (χ1v) is 7.65. The van der Waals surface area contributed by atoms with Crippen molar-refractivity contribution in [2.24, 2.45) is 0 Å². The summed E-state index contributed by atoms with van der Waals surface area (Å²) in [6.45, 7) is 0. The number of hydrogen-bond donors (Lipinski definition) is 1. The molecule has 1 N–H and O–H groups in total. The molecule has 1 atom stereocenters. The van der Waals surface area contributed by atoms with Crippen LogP contribution < -0.4 is 9.47 Å². The molecule has 4 rings (SSSR count). The van der Waals surface area contributed by atoms with Crippen molar-refractivity contribution in [1.29, 1.82) is 0 Å². The van der Waals surface area contributed by atoms with Crippen molar-refractivity contribution in [3.63, 3.8) is 0 Å². The average molecular weight is 320 g/mol. The van der Waals surface area contributed by atoms with Gasteiger partial charge in [0.15, 0.2) is 0 Å². The van der Waals surface area contributed by atoms with Gasteiger partial charge in [-0.05, 0) is 48.5 Å². The van der Waals surface area contributed by atoms with E-state index in [-0.39, 0.29) is 0 Å². The normalized spacial score (nSPS) is 16.1. The molecule has 1 aliphatic rings. The second-order valence-electron chi connectivity index (χ2n) is 5.48. The Balaban J connectivity index is 1.71. The molecule has 0 fully saturated rings. The third-order valence-corrected chi connectivity index (χ3v) is 3.98. The van der Waals surface area contributed by atoms with E-state index < -0.39 is 6.29 Å². The van der Waals surface area contributed by atoms with Gasteiger partial charge < -0.3 is 19.0 Å². The molecule has 24 heavy (non-hydrogen) atoms. The minimum Gasteiger partial charge on any atom is -0.497 e. The lowest BCUT2D eigenvalue weighted by atomic mass is 10.0. The van der Waals surface area contributed by atoms with Gasteiger partial charge >= 0.3 is 0 Å². The fraction of sp³-hybridized carbons (Fsp3) is 0.100. The molecule has 0 bridgehead atoms. The highest BCUT2D eigenvalue weighted by atomic mass is 16.6. The summed E-state index contributed by atoms with van der Waals surface area (Å²) in [6.07, 6.45) is 0.670. The Morgan fingerprint density at radius 3 is 2.46 bits per heavy atom. The molecular weight excluding hydrogens is 304 g/mol. The predicted molar refractivity (Wildman–Crippen MR) is 90.9 cm³/mol. The Kier molecular flexibility index (Phi) is 3.59. The Hall–Kier alpha value is -2.98. The summed E-state index contributed by atoms with van der Waals surface area (Å²) < 4.78 is 16.6. The van der Waals surface area contributed by atoms with Crippen LogP contribution in [0.25, 0.3) is 16.9 Å². The van der Waals surface area contributed by atoms with Crippen LogP contribution in [-0.4, -0.2) is 18.5 Å². The van der Waals surface area contributed by atoms with E-state index in [2.05, 4.69) is 0 Å². The van der Waals surface area contributed by atoms with E-state index in [1.165, 1.54) is 0 Å². The van der Waals surface area contributed by atoms with Gasteiger partial charge in [0.25, 0.3) is 0 Å². The van der Waals surface area contributed by atoms with E-state index >= 15 is 0 Å². The van der Waals surface area contributed by atoms with Crippen molar-refractivity contribution in [3.05, 3.63) is 78.1 Å². The van der Waals surface area contributed by atoms with Gasteiger partial charge in [0.05, 0.1) is 7.11 Å². The summed E-state index contributed by atoms with van der Waals surface area (Å²) in [5, 5.41) is 9.92. The molecule has 0 spiro atoms. The van der Waals surface area contributed by atoms with Crippen molar-refractivity contribution >= 4 is 5.57 Å². The van der Waals surface area contributed by atoms with Crippen molar-refractivity contribution in [3.8, 4) is 22.8 Å². The van der Waals surface area contributed by atoms with Gasteiger partial charge in [0.1, 0.15) is 23.0 Å². The molecule has 4 heteroatoms. The molecule has 0 aliphatic carbocycles. The maximum absolute atomic E-state index is 9.92. The standard InChI is InChI=1S/C20H16O4/c1-22-14-8-6-13(7-9-14)17-10-11-19(23-17)16-12-20(21)24-18-5-3-2-4-15(16)18/h2-12,20-21H,1H3. The summed E-state index contributed by atoms with van der Waals surface area (Å²) in [6, 6.07) is 19.1. The average Bonchev–Trinajstić information content (AvgIpc) is 3.11. The first kappa shape index (κ1) is 14.6. The molecule has 0 saturated carbocycles. The highest BCUT2D eigenvalue weighted by Gasteiger charge is 2.22. The van der Waals surface area contributed by atoms with E-state index in [9.17, 15) is 5.11 Å². The number of aliphatic hydroxyl groups is 1. The first-order valence-electron chi connectivity index (χ1n) is 7.65. The van der Waals surface area contributed by atoms with E-state index in [1.54, 1.807) is 13.2 Å². The summed E-state index contributed by atoms with van der Waals surface area (Å²) in [5.41, 5.74) is 2.69. The van der Waals surface area contributed by atoms with Crippen molar-refractivity contribution < 1.29 is 19.0 Å². The van der Waals surface area contributed by atoms with Gasteiger partial charge in [0.2, 0.25) is 6.29 Å². The SMILES string of the molecule is COc1ccc(-c2ccc(C3=CC(O)Oc4ccccc43)o2)cc1. The van der Waals surface area contributed by atoms with Crippen molar-refractivity contribution in [2.45, 2.75) is 6.29 Å². The lowest BCUT2D eigenvalue weighted by Gasteiger charge is -2.21. The Labute approximate surface area is 139 Å². The first-order chi connectivity index (χ1) is 11.7. The molecule has 0 saturated heterocycles. The zero-order valence-electron chi connectivity index (χ0n) is 13.1. The number of fused-ring (bicyclic) bond motifs is 1. The van der Waals surface area contributed by atoms with Crippen LogP contribution >= 0.6 is 0 Å². The number of benzene rings is 2. The fourth-order valence-electron chi connectivity index (χ4n) is 2.80. The number of methoxy groups -OCH3 is 1. The number of rotatable bonds is 3. The van der Waals surface area contributed by atoms with Crippen molar-refractivity contribution in [1.82, 2.24) is 0 Å². The van der Waals surface area contributed by atoms with Gasteiger partial charge in [-0.2, -0.15) is 0 Å². The molecule has 2 heterocycles. The van der Waals surface area contributed by atoms with Gasteiger partial charge in [-0.15, -0.1) is 0 Å². The van der Waals surface area contributed by atoms with Crippen LogP contribution in [0.5, 0.6) is 11.5 Å². The molecule has 1 unspecified atom stereocenters. The number of aliphatic hydroxyl groups excluding tert-OH is 1. The second kappa shape index (κ2) is 5.91. The third-order valence-electron chi connectivity index (χ3n) is 3.98. The van der Waals surface area contributed by atoms with Crippen LogP contribution in [0.15, 0.2) is 71.2 Å². The number of para-hydroxylation sites is 1. The number of hydrogen-bond acceptors (Lipinski definition) is 4. The Morgan fingerprint density at radius 1 is 0.917 bits per heavy atom. The molecule has 120 valence electrons. The lowest BCUT2D eigenvalue weighted by Crippen LogP contribution is -2.17. The van der Waals surface area contributed by atoms with Crippen LogP contribution in [0, 0.1) is 0 Å². The van der Waals surface area contributed by atoms with E-state index in [4.69, 9.17) is 13.9 Å². The largest absolute Gasteiger partial charge is 0.497 e. The van der Waals surface area contributed by atoms with Gasteiger partial charge in [-0.25, -0.2) is 0 Å². The van der Waals surface area contributed by atoms with Crippen molar-refractivity contribution in [2.75, 3.05) is 7.11 Å². The number of furan rings is 1. The molecule has 4 nitrogen and oxygen atoms in total. The van der Waals surface area contributed by atoms with Gasteiger partial charge in [-0.3, -0.25) is 0 Å². The third kappa shape index (κ3) is 2.57. The van der Waals surface area contributed by atoms with Gasteiger partial charge in [0, 0.05) is 16.7 Å². The van der Waals surface area contributed by atoms with Crippen LogP contribution in [0.1, 0.15) is 11.3 Å². The Morgan fingerprint density at radius 2 is 1.67 bits per heavy atom. The quantitative estimate of drug-likeness (QED) is 0.789. The zero-order valence-corrected chi connectivity index (χ0v) is 13.1. The van der Waals surface area contributed by atoms with Gasteiger partial charge in [-0.1, -0.05) is 18.2 Å². The lowest BCUT2D eigenvalue weighted by molar-refractivity contribution is 0.0225. The zero-order chi connectivity index (χ0) is 16.5. The monoisotopic (exact) mass is 320 g/mol. The smallest absolute Gasteiger partial charge is 0.218 e. The molecule has 2 aromatic carbocycles. The summed E-state index contributed by atoms with van der Waals surface area (Å²) in [5.74, 6) is 2.89. The van der Waals surface area contributed by atoms with E-state index in [0.717, 1.165) is 28.2 Å². The summed E-state index contributed by atoms with van der Waals surface area (Å²) in [4.78, 5) is 0. The Bertz CT molecular complexity index is 890.